The van der Waals surface area contributed by atoms with Gasteiger partial charge < -0.3 is 4.74 Å². The first-order chi connectivity index (χ1) is 12.8. The molecule has 1 aromatic heterocycles. The van der Waals surface area contributed by atoms with Crippen LogP contribution in [0.5, 0.6) is 5.75 Å². The number of ether oxygens (including phenoxy) is 1. The van der Waals surface area contributed by atoms with E-state index in [1.54, 1.807) is 48.5 Å². The number of sulfonamides is 1. The average molecular weight is 409 g/mol. The molecule has 1 heterocycles. The summed E-state index contributed by atoms with van der Waals surface area (Å²) in [7, 11) is -3.75. The number of hydrogen-bond donors (Lipinski definition) is 1. The molecule has 0 fully saturated rings. The van der Waals surface area contributed by atoms with Crippen molar-refractivity contribution in [2.24, 2.45) is 0 Å². The third-order valence-electron chi connectivity index (χ3n) is 3.83. The van der Waals surface area contributed by atoms with Crippen LogP contribution in [-0.2, 0) is 10.0 Å². The van der Waals surface area contributed by atoms with Gasteiger partial charge in [-0.3, -0.25) is 0 Å². The summed E-state index contributed by atoms with van der Waals surface area (Å²) in [6, 6.07) is 17.6. The molecule has 1 atom stereocenters. The van der Waals surface area contributed by atoms with Gasteiger partial charge in [0.1, 0.15) is 9.96 Å². The van der Waals surface area contributed by atoms with Crippen molar-refractivity contribution in [1.29, 1.82) is 0 Å². The zero-order valence-electron chi connectivity index (χ0n) is 14.3. The Bertz CT molecular complexity index is 987. The first-order valence-corrected chi connectivity index (χ1v) is 10.3. The van der Waals surface area contributed by atoms with Crippen LogP contribution >= 0.6 is 11.3 Å². The van der Waals surface area contributed by atoms with Gasteiger partial charge in [0.25, 0.3) is 10.0 Å². The Labute approximate surface area is 160 Å². The molecule has 0 amide bonds. The molecular weight excluding hydrogens is 392 g/mol. The number of benzene rings is 2. The molecule has 4 nitrogen and oxygen atoms in total. The van der Waals surface area contributed by atoms with E-state index in [9.17, 15) is 17.2 Å². The van der Waals surface area contributed by atoms with Gasteiger partial charge in [0, 0.05) is 4.88 Å². The molecular formula is C19H17F2NO3S2. The summed E-state index contributed by atoms with van der Waals surface area (Å²) in [6.45, 7) is -1.08. The van der Waals surface area contributed by atoms with Crippen LogP contribution in [0, 0.1) is 6.92 Å². The molecule has 142 valence electrons. The Hall–Kier alpha value is -2.29. The Balaban J connectivity index is 1.95. The van der Waals surface area contributed by atoms with Crippen molar-refractivity contribution in [2.45, 2.75) is 23.8 Å². The maximum Gasteiger partial charge on any atom is 0.387 e. The van der Waals surface area contributed by atoms with Gasteiger partial charge in [0.15, 0.2) is 0 Å². The molecule has 0 aliphatic rings. The molecule has 3 rings (SSSR count). The zero-order valence-corrected chi connectivity index (χ0v) is 15.9. The normalized spacial score (nSPS) is 12.9. The van der Waals surface area contributed by atoms with Crippen molar-refractivity contribution < 1.29 is 21.9 Å². The van der Waals surface area contributed by atoms with Crippen LogP contribution in [0.15, 0.2) is 70.9 Å². The van der Waals surface area contributed by atoms with E-state index in [0.29, 0.717) is 5.56 Å². The van der Waals surface area contributed by atoms with E-state index < -0.39 is 22.7 Å². The van der Waals surface area contributed by atoms with E-state index in [-0.39, 0.29) is 9.96 Å². The minimum absolute atomic E-state index is 0.0114. The van der Waals surface area contributed by atoms with Crippen LogP contribution in [0.4, 0.5) is 8.78 Å². The van der Waals surface area contributed by atoms with E-state index in [1.807, 2.05) is 13.0 Å². The lowest BCUT2D eigenvalue weighted by atomic mass is 10.00. The van der Waals surface area contributed by atoms with Gasteiger partial charge in [-0.05, 0) is 42.3 Å². The van der Waals surface area contributed by atoms with E-state index in [2.05, 4.69) is 9.46 Å². The standard InChI is InChI=1S/C19H17F2NO3S2/c1-13-7-12-17(26-13)27(23,24)22-18(14-5-3-2-4-6-14)15-8-10-16(11-9-15)25-19(20)21/h2-12,18-19,22H,1H3. The lowest BCUT2D eigenvalue weighted by Crippen LogP contribution is -2.29. The first kappa shape index (κ1) is 19.5. The number of halogens is 2. The van der Waals surface area contributed by atoms with Gasteiger partial charge in [-0.1, -0.05) is 42.5 Å². The highest BCUT2D eigenvalue weighted by Gasteiger charge is 2.24. The van der Waals surface area contributed by atoms with Gasteiger partial charge in [-0.15, -0.1) is 11.3 Å². The lowest BCUT2D eigenvalue weighted by molar-refractivity contribution is -0.0498. The highest BCUT2D eigenvalue weighted by atomic mass is 32.2. The molecule has 0 radical (unpaired) electrons. The van der Waals surface area contributed by atoms with E-state index >= 15 is 0 Å². The summed E-state index contributed by atoms with van der Waals surface area (Å²) in [5, 5.41) is 0. The molecule has 1 N–H and O–H groups in total. The van der Waals surface area contributed by atoms with Crippen molar-refractivity contribution in [3.63, 3.8) is 0 Å². The Morgan fingerprint density at radius 3 is 2.11 bits per heavy atom. The van der Waals surface area contributed by atoms with Crippen LogP contribution in [-0.4, -0.2) is 15.0 Å². The second kappa shape index (κ2) is 8.16. The average Bonchev–Trinajstić information content (AvgIpc) is 3.08. The lowest BCUT2D eigenvalue weighted by Gasteiger charge is -2.20. The summed E-state index contributed by atoms with van der Waals surface area (Å²) in [5.41, 5.74) is 1.34. The second-order valence-electron chi connectivity index (χ2n) is 5.78. The van der Waals surface area contributed by atoms with Crippen LogP contribution in [0.3, 0.4) is 0 Å². The van der Waals surface area contributed by atoms with Gasteiger partial charge >= 0.3 is 6.61 Å². The molecule has 27 heavy (non-hydrogen) atoms. The quantitative estimate of drug-likeness (QED) is 0.614. The molecule has 8 heteroatoms. The molecule has 0 aliphatic heterocycles. The number of thiophene rings is 1. The summed E-state index contributed by atoms with van der Waals surface area (Å²) in [6.07, 6.45) is 0. The minimum Gasteiger partial charge on any atom is -0.435 e. The van der Waals surface area contributed by atoms with Gasteiger partial charge in [-0.25, -0.2) is 8.42 Å². The predicted octanol–water partition coefficient (Wildman–Crippen LogP) is 4.73. The van der Waals surface area contributed by atoms with Crippen LogP contribution in [0.25, 0.3) is 0 Å². The fourth-order valence-corrected chi connectivity index (χ4v) is 5.10. The van der Waals surface area contributed by atoms with Gasteiger partial charge in [0.2, 0.25) is 0 Å². The topological polar surface area (TPSA) is 55.4 Å². The Kier molecular flexibility index (Phi) is 5.88. The van der Waals surface area contributed by atoms with Crippen molar-refractivity contribution in [3.8, 4) is 5.75 Å². The Morgan fingerprint density at radius 1 is 0.926 bits per heavy atom. The molecule has 0 bridgehead atoms. The molecule has 0 aliphatic carbocycles. The van der Waals surface area contributed by atoms with Crippen molar-refractivity contribution in [1.82, 2.24) is 4.72 Å². The van der Waals surface area contributed by atoms with Gasteiger partial charge in [0.05, 0.1) is 6.04 Å². The number of rotatable bonds is 7. The zero-order chi connectivity index (χ0) is 19.4. The smallest absolute Gasteiger partial charge is 0.387 e. The summed E-state index contributed by atoms with van der Waals surface area (Å²) < 4.78 is 57.6. The molecule has 1 unspecified atom stereocenters. The highest BCUT2D eigenvalue weighted by Crippen LogP contribution is 2.28. The number of nitrogens with one attached hydrogen (secondary N) is 1. The maximum atomic E-state index is 12.8. The van der Waals surface area contributed by atoms with E-state index in [1.165, 1.54) is 23.5 Å². The molecule has 0 saturated heterocycles. The predicted molar refractivity (Wildman–Crippen MR) is 101 cm³/mol. The van der Waals surface area contributed by atoms with Crippen molar-refractivity contribution >= 4 is 21.4 Å². The SMILES string of the molecule is Cc1ccc(S(=O)(=O)NC(c2ccccc2)c2ccc(OC(F)F)cc2)s1. The van der Waals surface area contributed by atoms with Crippen LogP contribution in [0.2, 0.25) is 0 Å². The molecule has 3 aromatic rings. The Morgan fingerprint density at radius 2 is 1.56 bits per heavy atom. The van der Waals surface area contributed by atoms with E-state index in [0.717, 1.165) is 10.4 Å². The number of aryl methyl sites for hydroxylation is 1. The van der Waals surface area contributed by atoms with E-state index in [4.69, 9.17) is 0 Å². The first-order valence-electron chi connectivity index (χ1n) is 8.03. The maximum absolute atomic E-state index is 12.8. The summed E-state index contributed by atoms with van der Waals surface area (Å²) in [4.78, 5) is 0.889. The third kappa shape index (κ3) is 4.91. The summed E-state index contributed by atoms with van der Waals surface area (Å²) >= 11 is 1.18. The fraction of sp³-hybridized carbons (Fsp3) is 0.158. The number of hydrogen-bond acceptors (Lipinski definition) is 4. The number of alkyl halides is 2. The molecule has 0 spiro atoms. The second-order valence-corrected chi connectivity index (χ2v) is 9.01. The fourth-order valence-electron chi connectivity index (χ4n) is 2.59. The largest absolute Gasteiger partial charge is 0.435 e. The highest BCUT2D eigenvalue weighted by molar-refractivity contribution is 7.91. The van der Waals surface area contributed by atoms with Crippen LogP contribution < -0.4 is 9.46 Å². The van der Waals surface area contributed by atoms with Crippen molar-refractivity contribution in [3.05, 3.63) is 82.7 Å². The van der Waals surface area contributed by atoms with Gasteiger partial charge in [-0.2, -0.15) is 13.5 Å². The molecule has 2 aromatic carbocycles. The summed E-state index contributed by atoms with van der Waals surface area (Å²) in [5.74, 6) is 0.0114. The minimum atomic E-state index is -3.75. The van der Waals surface area contributed by atoms with Crippen molar-refractivity contribution in [2.75, 3.05) is 0 Å². The van der Waals surface area contributed by atoms with Crippen LogP contribution in [0.1, 0.15) is 22.0 Å². The monoisotopic (exact) mass is 409 g/mol. The third-order valence-corrected chi connectivity index (χ3v) is 6.74. The molecule has 0 saturated carbocycles.